The van der Waals surface area contributed by atoms with Gasteiger partial charge >= 0.3 is 0 Å². The number of nitrogens with one attached hydrogen (secondary N) is 1. The maximum atomic E-state index is 9.48. The lowest BCUT2D eigenvalue weighted by Crippen LogP contribution is -2.23. The molecule has 0 amide bonds. The molecule has 0 aliphatic rings. The number of aliphatic hydroxyl groups is 1. The number of rotatable bonds is 7. The van der Waals surface area contributed by atoms with Crippen molar-refractivity contribution in [1.82, 2.24) is 15.1 Å². The highest BCUT2D eigenvalue weighted by Crippen LogP contribution is 2.30. The van der Waals surface area contributed by atoms with Crippen LogP contribution in [0.1, 0.15) is 12.5 Å². The van der Waals surface area contributed by atoms with Gasteiger partial charge in [-0.25, -0.2) is 4.68 Å². The first kappa shape index (κ1) is 18.5. The maximum absolute atomic E-state index is 9.48. The predicted molar refractivity (Wildman–Crippen MR) is 104 cm³/mol. The molecule has 2 aromatic carbocycles. The predicted octanol–water partition coefficient (Wildman–Crippen LogP) is 3.67. The molecule has 1 unspecified atom stereocenters. The van der Waals surface area contributed by atoms with Crippen molar-refractivity contribution in [3.05, 3.63) is 65.3 Å². The first-order chi connectivity index (χ1) is 12.6. The van der Waals surface area contributed by atoms with Crippen LogP contribution < -0.4 is 10.1 Å². The highest BCUT2D eigenvalue weighted by atomic mass is 35.5. The number of aliphatic hydroxyl groups excluding tert-OH is 1. The molecule has 0 fully saturated rings. The van der Waals surface area contributed by atoms with E-state index in [9.17, 15) is 5.11 Å². The van der Waals surface area contributed by atoms with E-state index in [0.29, 0.717) is 18.1 Å². The molecule has 0 bridgehead atoms. The number of hydrogen-bond donors (Lipinski definition) is 2. The molecule has 1 aromatic heterocycles. The topological polar surface area (TPSA) is 59.3 Å². The molecule has 0 saturated heterocycles. The summed E-state index contributed by atoms with van der Waals surface area (Å²) in [5.41, 5.74) is 3.65. The van der Waals surface area contributed by atoms with E-state index in [2.05, 4.69) is 5.32 Å². The summed E-state index contributed by atoms with van der Waals surface area (Å²) in [6.07, 6.45) is 1.57. The molecule has 3 rings (SSSR count). The lowest BCUT2D eigenvalue weighted by atomic mass is 10.1. The molecule has 26 heavy (non-hydrogen) atoms. The molecule has 0 aliphatic carbocycles. The fourth-order valence-corrected chi connectivity index (χ4v) is 2.93. The summed E-state index contributed by atoms with van der Waals surface area (Å²) in [6, 6.07) is 15.4. The summed E-state index contributed by atoms with van der Waals surface area (Å²) < 4.78 is 7.04. The second-order valence-electron chi connectivity index (χ2n) is 6.11. The molecule has 136 valence electrons. The van der Waals surface area contributed by atoms with Crippen LogP contribution in [0.25, 0.3) is 16.9 Å². The van der Waals surface area contributed by atoms with E-state index in [4.69, 9.17) is 21.4 Å². The zero-order valence-electron chi connectivity index (χ0n) is 14.8. The van der Waals surface area contributed by atoms with E-state index >= 15 is 0 Å². The molecule has 2 N–H and O–H groups in total. The molecule has 3 aromatic rings. The highest BCUT2D eigenvalue weighted by molar-refractivity contribution is 6.33. The third-order valence-electron chi connectivity index (χ3n) is 4.01. The Morgan fingerprint density at radius 1 is 1.19 bits per heavy atom. The van der Waals surface area contributed by atoms with Gasteiger partial charge in [-0.1, -0.05) is 29.8 Å². The minimum Gasteiger partial charge on any atom is -0.497 e. The largest absolute Gasteiger partial charge is 0.497 e. The summed E-state index contributed by atoms with van der Waals surface area (Å²) in [5, 5.41) is 18.1. The summed E-state index contributed by atoms with van der Waals surface area (Å²) in [7, 11) is 1.64. The van der Waals surface area contributed by atoms with Crippen molar-refractivity contribution in [3.63, 3.8) is 0 Å². The van der Waals surface area contributed by atoms with E-state index in [-0.39, 0.29) is 0 Å². The Kier molecular flexibility index (Phi) is 5.93. The van der Waals surface area contributed by atoms with E-state index in [1.54, 1.807) is 14.0 Å². The van der Waals surface area contributed by atoms with Crippen molar-refractivity contribution in [2.24, 2.45) is 0 Å². The Bertz CT molecular complexity index is 860. The van der Waals surface area contributed by atoms with E-state index in [1.165, 1.54) is 0 Å². The second-order valence-corrected chi connectivity index (χ2v) is 6.51. The fraction of sp³-hybridized carbons (Fsp3) is 0.250. The summed E-state index contributed by atoms with van der Waals surface area (Å²) in [5.74, 6) is 0.797. The average molecular weight is 372 g/mol. The minimum absolute atomic E-state index is 0.407. The van der Waals surface area contributed by atoms with Crippen LogP contribution in [0.3, 0.4) is 0 Å². The maximum Gasteiger partial charge on any atom is 0.119 e. The summed E-state index contributed by atoms with van der Waals surface area (Å²) in [4.78, 5) is 0. The van der Waals surface area contributed by atoms with Crippen molar-refractivity contribution >= 4 is 11.6 Å². The highest BCUT2D eigenvalue weighted by Gasteiger charge is 2.14. The van der Waals surface area contributed by atoms with Crippen molar-refractivity contribution in [3.8, 4) is 22.7 Å². The van der Waals surface area contributed by atoms with E-state index in [1.807, 2.05) is 59.4 Å². The molecule has 0 spiro atoms. The van der Waals surface area contributed by atoms with Crippen LogP contribution in [0.5, 0.6) is 5.75 Å². The minimum atomic E-state index is -0.407. The molecule has 5 nitrogen and oxygen atoms in total. The molecule has 0 radical (unpaired) electrons. The van der Waals surface area contributed by atoms with Crippen LogP contribution in [0, 0.1) is 0 Å². The van der Waals surface area contributed by atoms with Crippen LogP contribution in [0.15, 0.2) is 54.7 Å². The van der Waals surface area contributed by atoms with Gasteiger partial charge in [0, 0.05) is 30.4 Å². The Morgan fingerprint density at radius 3 is 2.58 bits per heavy atom. The second kappa shape index (κ2) is 8.36. The van der Waals surface area contributed by atoms with Gasteiger partial charge in [0.1, 0.15) is 5.75 Å². The van der Waals surface area contributed by atoms with Gasteiger partial charge in [0.05, 0.1) is 29.6 Å². The van der Waals surface area contributed by atoms with Crippen LogP contribution in [0.2, 0.25) is 5.02 Å². The molecule has 6 heteroatoms. The van der Waals surface area contributed by atoms with Gasteiger partial charge in [0.2, 0.25) is 0 Å². The number of hydrogen-bond acceptors (Lipinski definition) is 4. The molecular formula is C20H22ClN3O2. The van der Waals surface area contributed by atoms with Crippen molar-refractivity contribution in [2.45, 2.75) is 19.6 Å². The van der Waals surface area contributed by atoms with Crippen molar-refractivity contribution < 1.29 is 9.84 Å². The molecule has 1 heterocycles. The Labute approximate surface area is 158 Å². The van der Waals surface area contributed by atoms with Crippen molar-refractivity contribution in [1.29, 1.82) is 0 Å². The van der Waals surface area contributed by atoms with Gasteiger partial charge in [-0.2, -0.15) is 5.10 Å². The number of halogens is 1. The first-order valence-electron chi connectivity index (χ1n) is 8.45. The number of aromatic nitrogens is 2. The Morgan fingerprint density at radius 2 is 1.92 bits per heavy atom. The van der Waals surface area contributed by atoms with Gasteiger partial charge in [0.25, 0.3) is 0 Å². The van der Waals surface area contributed by atoms with Crippen LogP contribution in [-0.2, 0) is 6.54 Å². The van der Waals surface area contributed by atoms with Gasteiger partial charge < -0.3 is 15.2 Å². The van der Waals surface area contributed by atoms with E-state index < -0.39 is 6.10 Å². The molecular weight excluding hydrogens is 350 g/mol. The average Bonchev–Trinajstić information content (AvgIpc) is 3.06. The SMILES string of the molecule is COc1ccc(-n2cc(CNCC(C)O)c(-c3ccccc3Cl)n2)cc1. The van der Waals surface area contributed by atoms with Crippen molar-refractivity contribution in [2.75, 3.05) is 13.7 Å². The number of ether oxygens (including phenoxy) is 1. The quantitative estimate of drug-likeness (QED) is 0.665. The van der Waals surface area contributed by atoms with Gasteiger partial charge in [-0.05, 0) is 37.3 Å². The summed E-state index contributed by atoms with van der Waals surface area (Å²) in [6.45, 7) is 2.85. The molecule has 0 saturated carbocycles. The van der Waals surface area contributed by atoms with Gasteiger partial charge in [-0.3, -0.25) is 0 Å². The third-order valence-corrected chi connectivity index (χ3v) is 4.34. The number of nitrogens with zero attached hydrogens (tertiary/aromatic N) is 2. The normalized spacial score (nSPS) is 12.2. The fourth-order valence-electron chi connectivity index (χ4n) is 2.70. The molecule has 0 aliphatic heterocycles. The Hall–Kier alpha value is -2.34. The smallest absolute Gasteiger partial charge is 0.119 e. The third kappa shape index (κ3) is 4.25. The standard InChI is InChI=1S/C20H22ClN3O2/c1-14(25)11-22-12-15-13-24(16-7-9-17(26-2)10-8-16)23-20(15)18-5-3-4-6-19(18)21/h3-10,13-14,22,25H,11-12H2,1-2H3. The Balaban J connectivity index is 1.97. The van der Waals surface area contributed by atoms with Crippen LogP contribution in [0.4, 0.5) is 0 Å². The van der Waals surface area contributed by atoms with Gasteiger partial charge in [-0.15, -0.1) is 0 Å². The van der Waals surface area contributed by atoms with Gasteiger partial charge in [0.15, 0.2) is 0 Å². The lowest BCUT2D eigenvalue weighted by molar-refractivity contribution is 0.191. The first-order valence-corrected chi connectivity index (χ1v) is 8.83. The molecule has 1 atom stereocenters. The zero-order valence-corrected chi connectivity index (χ0v) is 15.6. The lowest BCUT2D eigenvalue weighted by Gasteiger charge is -2.07. The number of methoxy groups -OCH3 is 1. The zero-order chi connectivity index (χ0) is 18.5. The van der Waals surface area contributed by atoms with Crippen LogP contribution in [-0.4, -0.2) is 34.6 Å². The number of benzene rings is 2. The van der Waals surface area contributed by atoms with Crippen LogP contribution >= 0.6 is 11.6 Å². The monoisotopic (exact) mass is 371 g/mol. The summed E-state index contributed by atoms with van der Waals surface area (Å²) >= 11 is 6.38. The van der Waals surface area contributed by atoms with E-state index in [0.717, 1.165) is 28.3 Å².